The van der Waals surface area contributed by atoms with E-state index in [1.165, 1.54) is 12.4 Å². The predicted molar refractivity (Wildman–Crippen MR) is 125 cm³/mol. The average molecular weight is 485 g/mol. The summed E-state index contributed by atoms with van der Waals surface area (Å²) >= 11 is 0. The average Bonchev–Trinajstić information content (AvgIpc) is 3.47. The minimum Gasteiger partial charge on any atom is -0.345 e. The van der Waals surface area contributed by atoms with Crippen molar-refractivity contribution in [2.75, 3.05) is 33.2 Å². The lowest BCUT2D eigenvalue weighted by Crippen LogP contribution is -2.37. The van der Waals surface area contributed by atoms with Crippen molar-refractivity contribution in [1.82, 2.24) is 24.3 Å². The molecule has 4 rings (SSSR count). The summed E-state index contributed by atoms with van der Waals surface area (Å²) in [5.41, 5.74) is 1.09. The van der Waals surface area contributed by atoms with Crippen molar-refractivity contribution in [1.29, 1.82) is 5.26 Å². The van der Waals surface area contributed by atoms with Crippen LogP contribution in [0.1, 0.15) is 36.1 Å². The number of imidazole rings is 1. The van der Waals surface area contributed by atoms with Crippen LogP contribution >= 0.6 is 0 Å². The number of fused-ring (bicyclic) bond motifs is 1. The first-order valence-corrected chi connectivity index (χ1v) is 11.6. The maximum absolute atomic E-state index is 13.9. The Hall–Kier alpha value is -3.45. The van der Waals surface area contributed by atoms with Gasteiger partial charge in [0.2, 0.25) is 5.91 Å². The maximum atomic E-state index is 13.9. The van der Waals surface area contributed by atoms with Gasteiger partial charge in [-0.25, -0.2) is 9.97 Å². The molecule has 0 spiro atoms. The van der Waals surface area contributed by atoms with E-state index in [9.17, 15) is 23.2 Å². The summed E-state index contributed by atoms with van der Waals surface area (Å²) in [4.78, 5) is 24.5. The fraction of sp³-hybridized carbons (Fsp3) is 0.440. The van der Waals surface area contributed by atoms with Gasteiger partial charge in [0.25, 0.3) is 0 Å². The quantitative estimate of drug-likeness (QED) is 0.506. The molecule has 0 bridgehead atoms. The molecule has 3 aromatic rings. The minimum absolute atomic E-state index is 0.0109. The number of benzene rings is 1. The number of rotatable bonds is 7. The molecule has 0 radical (unpaired) electrons. The van der Waals surface area contributed by atoms with Gasteiger partial charge in [-0.3, -0.25) is 9.69 Å². The molecule has 0 aliphatic carbocycles. The van der Waals surface area contributed by atoms with Gasteiger partial charge in [-0.05, 0) is 56.5 Å². The number of nitriles is 1. The number of aryl methyl sites for hydroxylation is 2. The SMILES string of the molecule is CN(CCCc1ccc(-c2cc3c(ncn3C)c(C#N)n2)cc1C(F)(F)F)C(=O)CN1CCCC1. The Morgan fingerprint density at radius 3 is 2.66 bits per heavy atom. The first kappa shape index (κ1) is 24.7. The summed E-state index contributed by atoms with van der Waals surface area (Å²) in [5.74, 6) is -0.0109. The van der Waals surface area contributed by atoms with Crippen molar-refractivity contribution in [3.8, 4) is 17.3 Å². The van der Waals surface area contributed by atoms with Gasteiger partial charge >= 0.3 is 6.18 Å². The molecule has 1 aromatic carbocycles. The first-order valence-electron chi connectivity index (χ1n) is 11.6. The Morgan fingerprint density at radius 1 is 1.23 bits per heavy atom. The topological polar surface area (TPSA) is 78.0 Å². The van der Waals surface area contributed by atoms with E-state index in [0.29, 0.717) is 30.5 Å². The highest BCUT2D eigenvalue weighted by molar-refractivity contribution is 5.84. The van der Waals surface area contributed by atoms with E-state index in [1.807, 2.05) is 6.07 Å². The summed E-state index contributed by atoms with van der Waals surface area (Å²) < 4.78 is 43.5. The minimum atomic E-state index is -4.54. The fourth-order valence-corrected chi connectivity index (χ4v) is 4.46. The van der Waals surface area contributed by atoms with Crippen molar-refractivity contribution >= 4 is 16.9 Å². The number of carbonyl (C=O) groups excluding carboxylic acids is 1. The summed E-state index contributed by atoms with van der Waals surface area (Å²) in [6, 6.07) is 7.76. The van der Waals surface area contributed by atoms with E-state index >= 15 is 0 Å². The summed E-state index contributed by atoms with van der Waals surface area (Å²) in [5, 5.41) is 9.43. The number of nitrogens with zero attached hydrogens (tertiary/aromatic N) is 6. The molecule has 0 N–H and O–H groups in total. The lowest BCUT2D eigenvalue weighted by Gasteiger charge is -2.21. The van der Waals surface area contributed by atoms with Crippen LogP contribution in [0, 0.1) is 11.3 Å². The van der Waals surface area contributed by atoms with Gasteiger partial charge in [0.15, 0.2) is 5.69 Å². The predicted octanol–water partition coefficient (Wildman–Crippen LogP) is 4.01. The Labute approximate surface area is 201 Å². The Bertz CT molecular complexity index is 1270. The van der Waals surface area contributed by atoms with Gasteiger partial charge in [-0.2, -0.15) is 18.4 Å². The van der Waals surface area contributed by atoms with Crippen molar-refractivity contribution in [3.05, 3.63) is 47.4 Å². The summed E-state index contributed by atoms with van der Waals surface area (Å²) in [7, 11) is 3.44. The normalized spacial score (nSPS) is 14.4. The Kier molecular flexibility index (Phi) is 7.08. The van der Waals surface area contributed by atoms with Gasteiger partial charge in [-0.1, -0.05) is 12.1 Å². The van der Waals surface area contributed by atoms with Crippen LogP contribution < -0.4 is 0 Å². The monoisotopic (exact) mass is 484 g/mol. The molecule has 1 saturated heterocycles. The maximum Gasteiger partial charge on any atom is 0.416 e. The van der Waals surface area contributed by atoms with E-state index in [4.69, 9.17) is 0 Å². The van der Waals surface area contributed by atoms with Crippen LogP contribution in [-0.4, -0.2) is 63.5 Å². The number of likely N-dealkylation sites (tertiary alicyclic amines) is 1. The molecule has 1 aliphatic rings. The molecular weight excluding hydrogens is 457 g/mol. The molecular formula is C25H27F3N6O. The van der Waals surface area contributed by atoms with Gasteiger partial charge in [0.05, 0.1) is 29.6 Å². The van der Waals surface area contributed by atoms with E-state index in [-0.39, 0.29) is 34.8 Å². The standard InChI is InChI=1S/C25H27F3N6O/c1-32(23(35)15-34-10-3-4-11-34)9-5-6-17-7-8-18(12-19(17)25(26,27)28)20-13-22-24(21(14-29)31-20)30-16-33(22)2/h7-8,12-13,16H,3-6,9-11,15H2,1-2H3. The molecule has 10 heteroatoms. The smallest absolute Gasteiger partial charge is 0.345 e. The van der Waals surface area contributed by atoms with E-state index in [1.54, 1.807) is 35.7 Å². The second-order valence-electron chi connectivity index (χ2n) is 8.96. The van der Waals surface area contributed by atoms with E-state index in [2.05, 4.69) is 14.9 Å². The third-order valence-corrected chi connectivity index (χ3v) is 6.45. The van der Waals surface area contributed by atoms with E-state index < -0.39 is 11.7 Å². The Balaban J connectivity index is 1.52. The second-order valence-corrected chi connectivity index (χ2v) is 8.96. The van der Waals surface area contributed by atoms with Crippen molar-refractivity contribution in [2.45, 2.75) is 31.9 Å². The number of hydrogen-bond acceptors (Lipinski definition) is 5. The van der Waals surface area contributed by atoms with E-state index in [0.717, 1.165) is 32.0 Å². The second kappa shape index (κ2) is 10.0. The van der Waals surface area contributed by atoms with Crippen molar-refractivity contribution in [3.63, 3.8) is 0 Å². The van der Waals surface area contributed by atoms with Gasteiger partial charge in [0.1, 0.15) is 11.6 Å². The van der Waals surface area contributed by atoms with Gasteiger partial charge < -0.3 is 9.47 Å². The number of halogens is 3. The molecule has 0 atom stereocenters. The highest BCUT2D eigenvalue weighted by Gasteiger charge is 2.33. The highest BCUT2D eigenvalue weighted by Crippen LogP contribution is 2.36. The largest absolute Gasteiger partial charge is 0.416 e. The highest BCUT2D eigenvalue weighted by atomic mass is 19.4. The fourth-order valence-electron chi connectivity index (χ4n) is 4.46. The molecule has 2 aromatic heterocycles. The molecule has 35 heavy (non-hydrogen) atoms. The van der Waals surface area contributed by atoms with Crippen LogP contribution in [0.5, 0.6) is 0 Å². The van der Waals surface area contributed by atoms with Crippen molar-refractivity contribution < 1.29 is 18.0 Å². The molecule has 3 heterocycles. The third kappa shape index (κ3) is 5.46. The molecule has 1 aliphatic heterocycles. The van der Waals surface area contributed by atoms with Crippen LogP contribution in [0.2, 0.25) is 0 Å². The lowest BCUT2D eigenvalue weighted by atomic mass is 9.97. The summed E-state index contributed by atoms with van der Waals surface area (Å²) in [6.07, 6.45) is -0.213. The lowest BCUT2D eigenvalue weighted by molar-refractivity contribution is -0.138. The number of alkyl halides is 3. The third-order valence-electron chi connectivity index (χ3n) is 6.45. The summed E-state index contributed by atoms with van der Waals surface area (Å²) in [6.45, 7) is 2.58. The number of amides is 1. The zero-order valence-electron chi connectivity index (χ0n) is 19.8. The number of carbonyl (C=O) groups is 1. The van der Waals surface area contributed by atoms with Crippen molar-refractivity contribution in [2.24, 2.45) is 7.05 Å². The van der Waals surface area contributed by atoms with Crippen LogP contribution in [-0.2, 0) is 24.4 Å². The first-order chi connectivity index (χ1) is 16.7. The molecule has 1 amide bonds. The number of hydrogen-bond donors (Lipinski definition) is 0. The van der Waals surface area contributed by atoms with Gasteiger partial charge in [-0.15, -0.1) is 0 Å². The number of aromatic nitrogens is 3. The van der Waals surface area contributed by atoms with Crippen LogP contribution in [0.15, 0.2) is 30.6 Å². The number of likely N-dealkylation sites (N-methyl/N-ethyl adjacent to an activating group) is 1. The van der Waals surface area contributed by atoms with Crippen LogP contribution in [0.4, 0.5) is 13.2 Å². The zero-order chi connectivity index (χ0) is 25.2. The molecule has 1 fully saturated rings. The van der Waals surface area contributed by atoms with Gasteiger partial charge in [0, 0.05) is 26.2 Å². The van der Waals surface area contributed by atoms with Crippen LogP contribution in [0.25, 0.3) is 22.3 Å². The molecule has 7 nitrogen and oxygen atoms in total. The zero-order valence-corrected chi connectivity index (χ0v) is 19.8. The molecule has 0 unspecified atom stereocenters. The molecule has 184 valence electrons. The number of pyridine rings is 1. The van der Waals surface area contributed by atoms with Crippen LogP contribution in [0.3, 0.4) is 0 Å². The molecule has 0 saturated carbocycles. The Morgan fingerprint density at radius 2 is 1.97 bits per heavy atom.